The molecule has 0 saturated carbocycles. The Kier molecular flexibility index (Phi) is 6.56. The summed E-state index contributed by atoms with van der Waals surface area (Å²) in [5.74, 6) is -0.325. The van der Waals surface area contributed by atoms with Crippen LogP contribution in [0.15, 0.2) is 24.3 Å². The number of benzene rings is 1. The molecule has 5 nitrogen and oxygen atoms in total. The molecule has 1 aromatic carbocycles. The monoisotopic (exact) mass is 348 g/mol. The summed E-state index contributed by atoms with van der Waals surface area (Å²) in [5.41, 5.74) is 0. The molecule has 0 saturated heterocycles. The average Bonchev–Trinajstić information content (AvgIpc) is 2.32. The summed E-state index contributed by atoms with van der Waals surface area (Å²) in [5, 5.41) is 0. The lowest BCUT2D eigenvalue weighted by atomic mass is 10.3. The second-order valence-electron chi connectivity index (χ2n) is 3.72. The summed E-state index contributed by atoms with van der Waals surface area (Å²) in [6, 6.07) is 4.85. The van der Waals surface area contributed by atoms with E-state index in [1.165, 1.54) is 12.1 Å². The molecule has 0 unspecified atom stereocenters. The second-order valence-corrected chi connectivity index (χ2v) is 6.62. The number of hydrogen-bond acceptors (Lipinski definition) is 5. The number of rotatable bonds is 8. The van der Waals surface area contributed by atoms with Crippen LogP contribution < -0.4 is 9.47 Å². The van der Waals surface area contributed by atoms with Crippen LogP contribution in [0.3, 0.4) is 0 Å². The highest BCUT2D eigenvalue weighted by atomic mass is 35.7. The van der Waals surface area contributed by atoms with Crippen molar-refractivity contribution in [3.05, 3.63) is 24.3 Å². The molecule has 1 aromatic rings. The van der Waals surface area contributed by atoms with Gasteiger partial charge in [0.1, 0.15) is 18.1 Å². The smallest absolute Gasteiger partial charge is 0.491 e. The molecule has 0 spiro atoms. The van der Waals surface area contributed by atoms with Crippen molar-refractivity contribution in [1.82, 2.24) is 0 Å². The number of hydrogen-bond donors (Lipinski definition) is 0. The van der Waals surface area contributed by atoms with E-state index in [0.29, 0.717) is 5.75 Å². The van der Waals surface area contributed by atoms with Gasteiger partial charge in [-0.2, -0.15) is 0 Å². The highest BCUT2D eigenvalue weighted by molar-refractivity contribution is 8.13. The predicted octanol–water partition coefficient (Wildman–Crippen LogP) is 2.55. The Morgan fingerprint density at radius 1 is 1.00 bits per heavy atom. The van der Waals surface area contributed by atoms with Gasteiger partial charge in [0.25, 0.3) is 0 Å². The maximum Gasteiger partial charge on any atom is 0.573 e. The van der Waals surface area contributed by atoms with Gasteiger partial charge in [0.15, 0.2) is 0 Å². The molecule has 0 amide bonds. The zero-order valence-corrected chi connectivity index (χ0v) is 12.2. The predicted molar refractivity (Wildman–Crippen MR) is 69.1 cm³/mol. The first-order chi connectivity index (χ1) is 9.66. The molecule has 0 aliphatic rings. The minimum Gasteiger partial charge on any atom is -0.491 e. The third-order valence-corrected chi connectivity index (χ3v) is 3.14. The summed E-state index contributed by atoms with van der Waals surface area (Å²) < 4.78 is 70.8. The fourth-order valence-corrected chi connectivity index (χ4v) is 1.72. The van der Waals surface area contributed by atoms with Crippen molar-refractivity contribution in [3.63, 3.8) is 0 Å². The first-order valence-corrected chi connectivity index (χ1v) is 8.12. The van der Waals surface area contributed by atoms with Crippen LogP contribution in [-0.2, 0) is 13.8 Å². The van der Waals surface area contributed by atoms with Gasteiger partial charge in [0.2, 0.25) is 9.05 Å². The van der Waals surface area contributed by atoms with Crippen molar-refractivity contribution in [2.24, 2.45) is 0 Å². The fraction of sp³-hybridized carbons (Fsp3) is 0.455. The quantitative estimate of drug-likeness (QED) is 0.533. The highest BCUT2D eigenvalue weighted by Crippen LogP contribution is 2.24. The maximum atomic E-state index is 11.9. The van der Waals surface area contributed by atoms with Crippen LogP contribution in [0.5, 0.6) is 11.5 Å². The third-order valence-electron chi connectivity index (χ3n) is 2.03. The molecule has 0 aliphatic heterocycles. The second kappa shape index (κ2) is 7.71. The van der Waals surface area contributed by atoms with Crippen LogP contribution >= 0.6 is 10.7 Å². The molecule has 0 aromatic heterocycles. The molecule has 0 heterocycles. The van der Waals surface area contributed by atoms with Crippen LogP contribution in [0.4, 0.5) is 13.2 Å². The van der Waals surface area contributed by atoms with E-state index >= 15 is 0 Å². The highest BCUT2D eigenvalue weighted by Gasteiger charge is 2.30. The van der Waals surface area contributed by atoms with Crippen molar-refractivity contribution < 1.29 is 35.8 Å². The molecule has 0 aliphatic carbocycles. The fourth-order valence-electron chi connectivity index (χ4n) is 1.22. The molecule has 0 bridgehead atoms. The van der Waals surface area contributed by atoms with Crippen LogP contribution in [0.2, 0.25) is 0 Å². The molecular formula is C11H12ClF3O5S. The Labute approximate surface area is 124 Å². The first-order valence-electron chi connectivity index (χ1n) is 5.64. The zero-order valence-electron chi connectivity index (χ0n) is 10.6. The van der Waals surface area contributed by atoms with E-state index in [9.17, 15) is 21.6 Å². The Morgan fingerprint density at radius 3 is 2.10 bits per heavy atom. The SMILES string of the molecule is O=S(=O)(Cl)CCOCCOc1ccc(OC(F)(F)F)cc1. The summed E-state index contributed by atoms with van der Waals surface area (Å²) in [6.45, 7) is 0.169. The molecule has 0 N–H and O–H groups in total. The Morgan fingerprint density at radius 2 is 1.57 bits per heavy atom. The van der Waals surface area contributed by atoms with Crippen LogP contribution in [-0.4, -0.2) is 40.4 Å². The van der Waals surface area contributed by atoms with E-state index in [-0.39, 0.29) is 31.3 Å². The number of alkyl halides is 3. The lowest BCUT2D eigenvalue weighted by Crippen LogP contribution is -2.17. The number of halogens is 4. The minimum atomic E-state index is -4.74. The molecule has 21 heavy (non-hydrogen) atoms. The number of ether oxygens (including phenoxy) is 3. The van der Waals surface area contributed by atoms with Gasteiger partial charge in [-0.15, -0.1) is 13.2 Å². The molecule has 10 heteroatoms. The van der Waals surface area contributed by atoms with Gasteiger partial charge < -0.3 is 14.2 Å². The van der Waals surface area contributed by atoms with Gasteiger partial charge in [0, 0.05) is 10.7 Å². The summed E-state index contributed by atoms with van der Waals surface area (Å²) in [6.07, 6.45) is -4.74. The average molecular weight is 349 g/mol. The maximum absolute atomic E-state index is 11.9. The molecule has 1 rings (SSSR count). The molecule has 0 fully saturated rings. The first kappa shape index (κ1) is 17.9. The van der Waals surface area contributed by atoms with E-state index in [2.05, 4.69) is 4.74 Å². The third kappa shape index (κ3) is 9.38. The van der Waals surface area contributed by atoms with E-state index in [1.807, 2.05) is 0 Å². The van der Waals surface area contributed by atoms with Crippen LogP contribution in [0, 0.1) is 0 Å². The Balaban J connectivity index is 2.24. The van der Waals surface area contributed by atoms with Crippen molar-refractivity contribution in [3.8, 4) is 11.5 Å². The molecular weight excluding hydrogens is 337 g/mol. The van der Waals surface area contributed by atoms with Crippen molar-refractivity contribution in [1.29, 1.82) is 0 Å². The molecule has 0 atom stereocenters. The van der Waals surface area contributed by atoms with E-state index in [4.69, 9.17) is 20.2 Å². The van der Waals surface area contributed by atoms with Gasteiger partial charge in [-0.1, -0.05) is 0 Å². The van der Waals surface area contributed by atoms with Gasteiger partial charge in [0.05, 0.1) is 19.0 Å². The normalized spacial score (nSPS) is 12.2. The van der Waals surface area contributed by atoms with Crippen molar-refractivity contribution in [2.75, 3.05) is 25.6 Å². The Bertz CT molecular complexity index is 530. The standard InChI is InChI=1S/C11H12ClF3O5S/c12-21(16,17)8-7-18-5-6-19-9-1-3-10(4-2-9)20-11(13,14)15/h1-4H,5-8H2. The van der Waals surface area contributed by atoms with Crippen molar-refractivity contribution >= 4 is 19.7 Å². The van der Waals surface area contributed by atoms with Gasteiger partial charge in [-0.3, -0.25) is 0 Å². The van der Waals surface area contributed by atoms with Crippen molar-refractivity contribution in [2.45, 2.75) is 6.36 Å². The van der Waals surface area contributed by atoms with Gasteiger partial charge >= 0.3 is 6.36 Å². The molecule has 0 radical (unpaired) electrons. The minimum absolute atomic E-state index is 0.0620. The van der Waals surface area contributed by atoms with Gasteiger partial charge in [-0.05, 0) is 24.3 Å². The topological polar surface area (TPSA) is 61.8 Å². The summed E-state index contributed by atoms with van der Waals surface area (Å²) in [4.78, 5) is 0. The van der Waals surface area contributed by atoms with Crippen LogP contribution in [0.1, 0.15) is 0 Å². The summed E-state index contributed by atoms with van der Waals surface area (Å²) >= 11 is 0. The van der Waals surface area contributed by atoms with Crippen LogP contribution in [0.25, 0.3) is 0 Å². The van der Waals surface area contributed by atoms with E-state index in [1.54, 1.807) is 0 Å². The largest absolute Gasteiger partial charge is 0.573 e. The van der Waals surface area contributed by atoms with E-state index in [0.717, 1.165) is 12.1 Å². The molecule has 120 valence electrons. The Hall–Kier alpha value is -1.19. The lowest BCUT2D eigenvalue weighted by Gasteiger charge is -2.10. The van der Waals surface area contributed by atoms with E-state index < -0.39 is 15.4 Å². The van der Waals surface area contributed by atoms with Gasteiger partial charge in [-0.25, -0.2) is 8.42 Å². The lowest BCUT2D eigenvalue weighted by molar-refractivity contribution is -0.274. The zero-order chi connectivity index (χ0) is 15.9. The summed E-state index contributed by atoms with van der Waals surface area (Å²) in [7, 11) is 1.39.